The van der Waals surface area contributed by atoms with E-state index in [4.69, 9.17) is 13.9 Å². The van der Waals surface area contributed by atoms with E-state index in [2.05, 4.69) is 0 Å². The molecule has 0 fully saturated rings. The SMILES string of the molecule is Cc1ccc(C)c(Oc2c(C(F)(F)F)oc3cc(OC(=O)c4ccccc4[N+](=O)[O-])ccc3c2=O)c1. The highest BCUT2D eigenvalue weighted by Crippen LogP contribution is 2.39. The first-order valence-electron chi connectivity index (χ1n) is 10.3. The quantitative estimate of drug-likeness (QED) is 0.136. The second-order valence-electron chi connectivity index (χ2n) is 7.78. The van der Waals surface area contributed by atoms with Crippen molar-refractivity contribution in [2.24, 2.45) is 0 Å². The molecule has 0 saturated carbocycles. The van der Waals surface area contributed by atoms with E-state index >= 15 is 0 Å². The van der Waals surface area contributed by atoms with Crippen molar-refractivity contribution in [2.45, 2.75) is 20.0 Å². The maximum Gasteiger partial charge on any atom is 0.453 e. The van der Waals surface area contributed by atoms with E-state index in [1.807, 2.05) is 0 Å². The minimum Gasteiger partial charge on any atom is -0.449 e. The molecule has 4 aromatic rings. The molecule has 0 bridgehead atoms. The summed E-state index contributed by atoms with van der Waals surface area (Å²) < 4.78 is 57.0. The number of benzene rings is 3. The van der Waals surface area contributed by atoms with Crippen LogP contribution >= 0.6 is 0 Å². The summed E-state index contributed by atoms with van der Waals surface area (Å²) >= 11 is 0. The standard InChI is InChI=1S/C25H16F3NO7/c1-13-7-8-14(2)19(11-13)35-22-21(30)17-10-9-15(12-20(17)36-23(22)25(26,27)28)34-24(31)16-5-3-4-6-18(16)29(32)33/h3-12H,1-2H3. The van der Waals surface area contributed by atoms with Crippen molar-refractivity contribution in [1.29, 1.82) is 0 Å². The van der Waals surface area contributed by atoms with Crippen LogP contribution in [0.3, 0.4) is 0 Å². The molecule has 4 rings (SSSR count). The van der Waals surface area contributed by atoms with Gasteiger partial charge in [-0.05, 0) is 49.2 Å². The number of halogens is 3. The van der Waals surface area contributed by atoms with Crippen molar-refractivity contribution in [3.05, 3.63) is 103 Å². The fraction of sp³-hybridized carbons (Fsp3) is 0.120. The Bertz CT molecular complexity index is 1570. The predicted molar refractivity (Wildman–Crippen MR) is 122 cm³/mol. The number of nitrogens with zero attached hydrogens (tertiary/aromatic N) is 1. The first-order chi connectivity index (χ1) is 17.0. The Hall–Kier alpha value is -4.67. The van der Waals surface area contributed by atoms with Gasteiger partial charge in [0.25, 0.3) is 11.4 Å². The van der Waals surface area contributed by atoms with Crippen LogP contribution in [0.2, 0.25) is 0 Å². The number of nitro groups is 1. The molecule has 11 heteroatoms. The molecular formula is C25H16F3NO7. The van der Waals surface area contributed by atoms with Gasteiger partial charge in [-0.15, -0.1) is 0 Å². The molecule has 0 amide bonds. The molecule has 36 heavy (non-hydrogen) atoms. The fourth-order valence-electron chi connectivity index (χ4n) is 3.39. The fourth-order valence-corrected chi connectivity index (χ4v) is 3.39. The summed E-state index contributed by atoms with van der Waals surface area (Å²) in [5.41, 5.74) is -1.26. The normalized spacial score (nSPS) is 11.4. The highest BCUT2D eigenvalue weighted by molar-refractivity contribution is 5.95. The number of alkyl halides is 3. The van der Waals surface area contributed by atoms with Crippen LogP contribution in [0.15, 0.2) is 69.9 Å². The van der Waals surface area contributed by atoms with Gasteiger partial charge in [0.05, 0.1) is 10.3 Å². The van der Waals surface area contributed by atoms with Crippen LogP contribution in [0.1, 0.15) is 27.2 Å². The number of carbonyl (C=O) groups excluding carboxylic acids is 1. The third-order valence-corrected chi connectivity index (χ3v) is 5.17. The third-order valence-electron chi connectivity index (χ3n) is 5.17. The molecule has 0 unspecified atom stereocenters. The van der Waals surface area contributed by atoms with E-state index in [9.17, 15) is 32.9 Å². The van der Waals surface area contributed by atoms with E-state index in [-0.39, 0.29) is 22.4 Å². The number of hydrogen-bond acceptors (Lipinski definition) is 7. The smallest absolute Gasteiger partial charge is 0.449 e. The van der Waals surface area contributed by atoms with Gasteiger partial charge in [0.1, 0.15) is 22.6 Å². The van der Waals surface area contributed by atoms with Gasteiger partial charge < -0.3 is 13.9 Å². The Balaban J connectivity index is 1.78. The van der Waals surface area contributed by atoms with Gasteiger partial charge in [-0.1, -0.05) is 24.3 Å². The number of esters is 1. The molecule has 0 spiro atoms. The summed E-state index contributed by atoms with van der Waals surface area (Å²) in [6.07, 6.45) is -5.09. The van der Waals surface area contributed by atoms with E-state index < -0.39 is 45.3 Å². The van der Waals surface area contributed by atoms with Crippen molar-refractivity contribution in [3.63, 3.8) is 0 Å². The Morgan fingerprint density at radius 1 is 1.03 bits per heavy atom. The van der Waals surface area contributed by atoms with Crippen molar-refractivity contribution < 1.29 is 36.8 Å². The molecule has 0 N–H and O–H groups in total. The van der Waals surface area contributed by atoms with Gasteiger partial charge in [-0.3, -0.25) is 14.9 Å². The molecule has 184 valence electrons. The van der Waals surface area contributed by atoms with Gasteiger partial charge in [0.2, 0.25) is 11.2 Å². The van der Waals surface area contributed by atoms with Crippen LogP contribution in [0.5, 0.6) is 17.2 Å². The van der Waals surface area contributed by atoms with E-state index in [1.165, 1.54) is 24.3 Å². The van der Waals surface area contributed by atoms with Crippen molar-refractivity contribution in [3.8, 4) is 17.2 Å². The molecule has 0 aliphatic rings. The van der Waals surface area contributed by atoms with E-state index in [0.29, 0.717) is 11.1 Å². The van der Waals surface area contributed by atoms with Gasteiger partial charge in [-0.2, -0.15) is 13.2 Å². The minimum absolute atomic E-state index is 0.0576. The lowest BCUT2D eigenvalue weighted by Gasteiger charge is -2.15. The largest absolute Gasteiger partial charge is 0.453 e. The Morgan fingerprint density at radius 3 is 2.44 bits per heavy atom. The minimum atomic E-state index is -5.09. The van der Waals surface area contributed by atoms with Gasteiger partial charge >= 0.3 is 12.1 Å². The van der Waals surface area contributed by atoms with Crippen LogP contribution in [0.25, 0.3) is 11.0 Å². The highest BCUT2D eigenvalue weighted by atomic mass is 19.4. The van der Waals surface area contributed by atoms with E-state index in [1.54, 1.807) is 26.0 Å². The zero-order chi connectivity index (χ0) is 26.2. The van der Waals surface area contributed by atoms with Crippen LogP contribution < -0.4 is 14.9 Å². The maximum absolute atomic E-state index is 13.8. The van der Waals surface area contributed by atoms with Crippen LogP contribution in [-0.4, -0.2) is 10.9 Å². The van der Waals surface area contributed by atoms with Gasteiger partial charge in [-0.25, -0.2) is 4.79 Å². The monoisotopic (exact) mass is 499 g/mol. The summed E-state index contributed by atoms with van der Waals surface area (Å²) in [5, 5.41) is 10.9. The lowest BCUT2D eigenvalue weighted by atomic mass is 10.1. The van der Waals surface area contributed by atoms with Crippen molar-refractivity contribution in [2.75, 3.05) is 0 Å². The van der Waals surface area contributed by atoms with Gasteiger partial charge in [0.15, 0.2) is 0 Å². The first kappa shape index (κ1) is 24.5. The molecule has 1 heterocycles. The zero-order valence-electron chi connectivity index (χ0n) is 18.7. The molecule has 3 aromatic carbocycles. The second kappa shape index (κ2) is 9.17. The number of carbonyl (C=O) groups is 1. The lowest BCUT2D eigenvalue weighted by Crippen LogP contribution is -2.16. The van der Waals surface area contributed by atoms with Crippen LogP contribution in [0.4, 0.5) is 18.9 Å². The maximum atomic E-state index is 13.8. The zero-order valence-corrected chi connectivity index (χ0v) is 18.7. The summed E-state index contributed by atoms with van der Waals surface area (Å²) in [5.74, 6) is -4.04. The molecule has 0 aliphatic carbocycles. The molecule has 0 radical (unpaired) electrons. The Kier molecular flexibility index (Phi) is 6.23. The summed E-state index contributed by atoms with van der Waals surface area (Å²) in [6.45, 7) is 3.33. The van der Waals surface area contributed by atoms with Crippen LogP contribution in [-0.2, 0) is 6.18 Å². The molecule has 1 aromatic heterocycles. The van der Waals surface area contributed by atoms with E-state index in [0.717, 1.165) is 24.3 Å². The summed E-state index contributed by atoms with van der Waals surface area (Å²) in [4.78, 5) is 35.8. The second-order valence-corrected chi connectivity index (χ2v) is 7.78. The highest BCUT2D eigenvalue weighted by Gasteiger charge is 2.40. The number of hydrogen-bond donors (Lipinski definition) is 0. The van der Waals surface area contributed by atoms with Crippen molar-refractivity contribution >= 4 is 22.6 Å². The molecule has 8 nitrogen and oxygen atoms in total. The summed E-state index contributed by atoms with van der Waals surface area (Å²) in [6, 6.07) is 13.1. The molecular weight excluding hydrogens is 483 g/mol. The third kappa shape index (κ3) is 4.76. The Morgan fingerprint density at radius 2 is 1.75 bits per heavy atom. The molecule has 0 atom stereocenters. The number of nitro benzene ring substituents is 1. The van der Waals surface area contributed by atoms with Gasteiger partial charge in [0, 0.05) is 12.1 Å². The first-order valence-corrected chi connectivity index (χ1v) is 10.3. The lowest BCUT2D eigenvalue weighted by molar-refractivity contribution is -0.385. The average Bonchev–Trinajstić information content (AvgIpc) is 2.82. The van der Waals surface area contributed by atoms with Crippen LogP contribution in [0, 0.1) is 24.0 Å². The summed E-state index contributed by atoms with van der Waals surface area (Å²) in [7, 11) is 0. The number of fused-ring (bicyclic) bond motifs is 1. The number of para-hydroxylation sites is 1. The molecule has 0 aliphatic heterocycles. The number of aryl methyl sites for hydroxylation is 2. The average molecular weight is 499 g/mol. The Labute approximate surface area is 200 Å². The topological polar surface area (TPSA) is 109 Å². The van der Waals surface area contributed by atoms with Crippen molar-refractivity contribution in [1.82, 2.24) is 0 Å². The molecule has 0 saturated heterocycles. The predicted octanol–water partition coefficient (Wildman–Crippen LogP) is 6.35. The number of rotatable bonds is 5. The number of ether oxygens (including phenoxy) is 2.